The molecule has 166 valence electrons. The van der Waals surface area contributed by atoms with Crippen molar-refractivity contribution in [3.8, 4) is 0 Å². The number of halogens is 1. The number of ketones is 1. The first-order valence-electron chi connectivity index (χ1n) is 9.83. The Hall–Kier alpha value is -3.72. The van der Waals surface area contributed by atoms with Crippen molar-refractivity contribution >= 4 is 40.7 Å². The van der Waals surface area contributed by atoms with E-state index < -0.39 is 0 Å². The van der Waals surface area contributed by atoms with Crippen LogP contribution < -0.4 is 10.6 Å². The van der Waals surface area contributed by atoms with Gasteiger partial charge in [-0.1, -0.05) is 42.4 Å². The highest BCUT2D eigenvalue weighted by molar-refractivity contribution is 6.32. The summed E-state index contributed by atoms with van der Waals surface area (Å²) in [5.41, 5.74) is 2.54. The maximum atomic E-state index is 11.8. The van der Waals surface area contributed by atoms with E-state index in [9.17, 15) is 9.59 Å². The Morgan fingerprint density at radius 3 is 2.78 bits per heavy atom. The number of allylic oxidation sites excluding steroid dienone is 1. The van der Waals surface area contributed by atoms with E-state index >= 15 is 0 Å². The van der Waals surface area contributed by atoms with Crippen molar-refractivity contribution in [2.75, 3.05) is 24.7 Å². The molecule has 0 saturated carbocycles. The number of carbonyl (C=O) groups is 2. The van der Waals surface area contributed by atoms with Crippen LogP contribution in [0.5, 0.6) is 0 Å². The summed E-state index contributed by atoms with van der Waals surface area (Å²) >= 11 is 6.25. The van der Waals surface area contributed by atoms with Gasteiger partial charge in [0.05, 0.1) is 18.1 Å². The molecule has 3 aromatic rings. The van der Waals surface area contributed by atoms with Gasteiger partial charge >= 0.3 is 0 Å². The van der Waals surface area contributed by atoms with Crippen molar-refractivity contribution in [2.24, 2.45) is 0 Å². The summed E-state index contributed by atoms with van der Waals surface area (Å²) in [6.45, 7) is 4.11. The maximum absolute atomic E-state index is 11.8. The van der Waals surface area contributed by atoms with Crippen LogP contribution >= 0.6 is 11.6 Å². The summed E-state index contributed by atoms with van der Waals surface area (Å²) in [6.07, 6.45) is 6.42. The van der Waals surface area contributed by atoms with Gasteiger partial charge in [-0.15, -0.1) is 0 Å². The molecular weight excluding hydrogens is 430 g/mol. The minimum absolute atomic E-state index is 0.0286. The Morgan fingerprint density at radius 1 is 1.25 bits per heavy atom. The average molecular weight is 454 g/mol. The third kappa shape index (κ3) is 6.39. The minimum Gasteiger partial charge on any atom is -0.365 e. The lowest BCUT2D eigenvalue weighted by Crippen LogP contribution is -2.26. The highest BCUT2D eigenvalue weighted by Crippen LogP contribution is 2.22. The van der Waals surface area contributed by atoms with Gasteiger partial charge in [0.15, 0.2) is 11.6 Å². The van der Waals surface area contributed by atoms with Crippen molar-refractivity contribution in [1.82, 2.24) is 24.6 Å². The van der Waals surface area contributed by atoms with Gasteiger partial charge in [-0.2, -0.15) is 10.1 Å². The predicted molar refractivity (Wildman–Crippen MR) is 124 cm³/mol. The van der Waals surface area contributed by atoms with E-state index in [4.69, 9.17) is 11.6 Å². The van der Waals surface area contributed by atoms with Crippen LogP contribution in [0.2, 0.25) is 5.02 Å². The number of rotatable bonds is 10. The lowest BCUT2D eigenvalue weighted by atomic mass is 10.1. The Kier molecular flexibility index (Phi) is 7.56. The quantitative estimate of drug-likeness (QED) is 0.454. The molecule has 0 aliphatic carbocycles. The van der Waals surface area contributed by atoms with E-state index in [1.807, 2.05) is 24.3 Å². The molecule has 0 aliphatic rings. The average Bonchev–Trinajstić information content (AvgIpc) is 3.20. The number of aromatic nitrogens is 4. The Balaban J connectivity index is 1.64. The molecule has 0 bridgehead atoms. The van der Waals surface area contributed by atoms with Crippen molar-refractivity contribution < 1.29 is 9.59 Å². The summed E-state index contributed by atoms with van der Waals surface area (Å²) < 4.78 is 1.53. The van der Waals surface area contributed by atoms with E-state index in [-0.39, 0.29) is 18.2 Å². The standard InChI is InChI=1S/C22H24ClN7O2/c1-4-18(31)9-15-6-5-7-16(8-15)10-24-21-19(23)12-25-22(28-21)27-17-11-26-30(13-17)14-20(32)29(2)3/h4-8,11-13H,1,9-10,14H2,2-3H3,(H2,24,25,27,28). The van der Waals surface area contributed by atoms with Crippen LogP contribution in [0.3, 0.4) is 0 Å². The number of likely N-dealkylation sites (N-methyl/N-ethyl adjacent to an activating group) is 1. The van der Waals surface area contributed by atoms with Crippen LogP contribution in [-0.4, -0.2) is 50.4 Å². The molecule has 2 N–H and O–H groups in total. The highest BCUT2D eigenvalue weighted by atomic mass is 35.5. The zero-order valence-electron chi connectivity index (χ0n) is 17.9. The van der Waals surface area contributed by atoms with Crippen molar-refractivity contribution in [3.05, 3.63) is 71.7 Å². The number of benzene rings is 1. The van der Waals surface area contributed by atoms with Crippen molar-refractivity contribution in [2.45, 2.75) is 19.5 Å². The molecule has 0 unspecified atom stereocenters. The minimum atomic E-state index is -0.0631. The number of carbonyl (C=O) groups excluding carboxylic acids is 2. The van der Waals surface area contributed by atoms with Crippen LogP contribution in [0, 0.1) is 0 Å². The number of nitrogens with zero attached hydrogens (tertiary/aromatic N) is 5. The SMILES string of the molecule is C=CC(=O)Cc1cccc(CNc2nc(Nc3cnn(CC(=O)N(C)C)c3)ncc2Cl)c1. The van der Waals surface area contributed by atoms with Crippen LogP contribution in [0.1, 0.15) is 11.1 Å². The van der Waals surface area contributed by atoms with Gasteiger partial charge in [-0.05, 0) is 17.2 Å². The third-order valence-corrected chi connectivity index (χ3v) is 4.76. The highest BCUT2D eigenvalue weighted by Gasteiger charge is 2.10. The van der Waals surface area contributed by atoms with Crippen molar-refractivity contribution in [1.29, 1.82) is 0 Å². The molecule has 10 heteroatoms. The van der Waals surface area contributed by atoms with E-state index in [0.29, 0.717) is 35.4 Å². The first kappa shape index (κ1) is 23.0. The van der Waals surface area contributed by atoms with Gasteiger partial charge in [0.1, 0.15) is 11.6 Å². The molecule has 0 saturated heterocycles. The Labute approximate surface area is 191 Å². The van der Waals surface area contributed by atoms with E-state index in [1.54, 1.807) is 26.5 Å². The molecule has 9 nitrogen and oxygen atoms in total. The van der Waals surface area contributed by atoms with Gasteiger partial charge < -0.3 is 15.5 Å². The summed E-state index contributed by atoms with van der Waals surface area (Å²) in [4.78, 5) is 33.5. The largest absolute Gasteiger partial charge is 0.365 e. The lowest BCUT2D eigenvalue weighted by Gasteiger charge is -2.10. The Morgan fingerprint density at radius 2 is 2.03 bits per heavy atom. The van der Waals surface area contributed by atoms with Crippen LogP contribution in [0.15, 0.2) is 55.5 Å². The van der Waals surface area contributed by atoms with Gasteiger partial charge in [-0.25, -0.2) is 4.98 Å². The molecule has 2 aromatic heterocycles. The fourth-order valence-corrected chi connectivity index (χ4v) is 2.94. The van der Waals surface area contributed by atoms with Crippen LogP contribution in [0.25, 0.3) is 0 Å². The number of hydrogen-bond acceptors (Lipinski definition) is 7. The van der Waals surface area contributed by atoms with Gasteiger partial charge in [0, 0.05) is 33.3 Å². The molecule has 32 heavy (non-hydrogen) atoms. The molecule has 0 radical (unpaired) electrons. The summed E-state index contributed by atoms with van der Waals surface area (Å²) in [7, 11) is 3.39. The monoisotopic (exact) mass is 453 g/mol. The van der Waals surface area contributed by atoms with E-state index in [1.165, 1.54) is 21.9 Å². The molecular formula is C22H24ClN7O2. The molecule has 0 atom stereocenters. The zero-order chi connectivity index (χ0) is 23.1. The van der Waals surface area contributed by atoms with E-state index in [0.717, 1.165) is 11.1 Å². The second-order valence-corrected chi connectivity index (χ2v) is 7.66. The van der Waals surface area contributed by atoms with Crippen LogP contribution in [0.4, 0.5) is 17.5 Å². The van der Waals surface area contributed by atoms with Crippen molar-refractivity contribution in [3.63, 3.8) is 0 Å². The number of nitrogens with one attached hydrogen (secondary N) is 2. The molecule has 1 aromatic carbocycles. The molecule has 0 aliphatic heterocycles. The molecule has 3 rings (SSSR count). The first-order valence-corrected chi connectivity index (χ1v) is 10.2. The zero-order valence-corrected chi connectivity index (χ0v) is 18.6. The van der Waals surface area contributed by atoms with E-state index in [2.05, 4.69) is 32.3 Å². The molecule has 2 heterocycles. The van der Waals surface area contributed by atoms with Gasteiger partial charge in [0.25, 0.3) is 0 Å². The molecule has 1 amide bonds. The smallest absolute Gasteiger partial charge is 0.243 e. The normalized spacial score (nSPS) is 10.5. The second-order valence-electron chi connectivity index (χ2n) is 7.25. The van der Waals surface area contributed by atoms with Crippen LogP contribution in [-0.2, 0) is 29.1 Å². The first-order chi connectivity index (χ1) is 15.3. The van der Waals surface area contributed by atoms with Gasteiger partial charge in [-0.3, -0.25) is 14.3 Å². The van der Waals surface area contributed by atoms with Gasteiger partial charge in [0.2, 0.25) is 11.9 Å². The summed E-state index contributed by atoms with van der Waals surface area (Å²) in [6, 6.07) is 7.70. The fraction of sp³-hybridized carbons (Fsp3) is 0.227. The summed E-state index contributed by atoms with van der Waals surface area (Å²) in [5, 5.41) is 10.8. The fourth-order valence-electron chi connectivity index (χ4n) is 2.78. The lowest BCUT2D eigenvalue weighted by molar-refractivity contribution is -0.129. The number of hydrogen-bond donors (Lipinski definition) is 2. The molecule has 0 spiro atoms. The number of amides is 1. The summed E-state index contributed by atoms with van der Waals surface area (Å²) in [5.74, 6) is 0.707. The topological polar surface area (TPSA) is 105 Å². The third-order valence-electron chi connectivity index (χ3n) is 4.49. The number of anilines is 3. The predicted octanol–water partition coefficient (Wildman–Crippen LogP) is 3.07. The molecule has 0 fully saturated rings. The Bertz CT molecular complexity index is 1130. The second kappa shape index (κ2) is 10.5. The maximum Gasteiger partial charge on any atom is 0.243 e.